The highest BCUT2D eigenvalue weighted by atomic mass is 15.1. The smallest absolute Gasteiger partial charge is 0.0684 e. The Morgan fingerprint density at radius 2 is 1.54 bits per heavy atom. The predicted octanol–water partition coefficient (Wildman–Crippen LogP) is 2.80. The minimum atomic E-state index is 1.18. The third-order valence-corrected chi connectivity index (χ3v) is 3.11. The third kappa shape index (κ3) is 0.981. The largest absolute Gasteiger partial charge is 0.278 e. The van der Waals surface area contributed by atoms with Crippen molar-refractivity contribution in [2.75, 3.05) is 0 Å². The normalized spacial score (nSPS) is 11.1. The quantitative estimate of drug-likeness (QED) is 0.653. The monoisotopic (exact) mass is 174 g/mol. The molecule has 68 valence electrons. The van der Waals surface area contributed by atoms with Crippen LogP contribution in [0.5, 0.6) is 0 Å². The summed E-state index contributed by atoms with van der Waals surface area (Å²) in [6, 6.07) is 0. The van der Waals surface area contributed by atoms with Crippen LogP contribution >= 0.6 is 0 Å². The van der Waals surface area contributed by atoms with Crippen molar-refractivity contribution in [2.24, 2.45) is 0 Å². The van der Waals surface area contributed by atoms with E-state index in [4.69, 9.17) is 0 Å². The number of H-pyrrole nitrogens is 1. The van der Waals surface area contributed by atoms with Crippen molar-refractivity contribution in [1.29, 1.82) is 0 Å². The van der Waals surface area contributed by atoms with E-state index in [-0.39, 0.29) is 0 Å². The molecule has 1 aromatic carbocycles. The molecule has 0 saturated heterocycles. The summed E-state index contributed by atoms with van der Waals surface area (Å²) in [5.41, 5.74) is 6.59. The lowest BCUT2D eigenvalue weighted by atomic mass is 9.96. The average Bonchev–Trinajstić information content (AvgIpc) is 2.59. The van der Waals surface area contributed by atoms with Crippen LogP contribution < -0.4 is 0 Å². The summed E-state index contributed by atoms with van der Waals surface area (Å²) in [6.45, 7) is 8.63. The molecular weight excluding hydrogens is 160 g/mol. The van der Waals surface area contributed by atoms with Gasteiger partial charge in [-0.2, -0.15) is 5.10 Å². The maximum Gasteiger partial charge on any atom is 0.0684 e. The van der Waals surface area contributed by atoms with E-state index in [0.717, 1.165) is 0 Å². The molecule has 0 spiro atoms. The first-order valence-corrected chi connectivity index (χ1v) is 4.52. The van der Waals surface area contributed by atoms with E-state index in [2.05, 4.69) is 37.9 Å². The summed E-state index contributed by atoms with van der Waals surface area (Å²) >= 11 is 0. The average molecular weight is 174 g/mol. The number of aryl methyl sites for hydroxylation is 2. The standard InChI is InChI=1S/C11H14N2/c1-6-7(2)9(4)11-10(8(6)3)5-12-13-11/h5H,1-4H3,(H,12,13). The van der Waals surface area contributed by atoms with Gasteiger partial charge >= 0.3 is 0 Å². The Morgan fingerprint density at radius 3 is 2.23 bits per heavy atom. The van der Waals surface area contributed by atoms with E-state index in [1.54, 1.807) is 0 Å². The van der Waals surface area contributed by atoms with Gasteiger partial charge in [-0.15, -0.1) is 0 Å². The van der Waals surface area contributed by atoms with Gasteiger partial charge in [0.2, 0.25) is 0 Å². The first-order chi connectivity index (χ1) is 6.13. The molecule has 1 heterocycles. The zero-order chi connectivity index (χ0) is 9.59. The molecule has 0 bridgehead atoms. The molecule has 2 aromatic rings. The van der Waals surface area contributed by atoms with Gasteiger partial charge in [0, 0.05) is 5.39 Å². The molecule has 0 unspecified atom stereocenters. The Bertz CT molecular complexity index is 424. The number of hydrogen-bond donors (Lipinski definition) is 1. The highest BCUT2D eigenvalue weighted by Crippen LogP contribution is 2.26. The van der Waals surface area contributed by atoms with Crippen molar-refractivity contribution in [3.05, 3.63) is 28.5 Å². The van der Waals surface area contributed by atoms with Crippen molar-refractivity contribution in [1.82, 2.24) is 10.2 Å². The van der Waals surface area contributed by atoms with Crippen LogP contribution in [-0.2, 0) is 0 Å². The first kappa shape index (κ1) is 8.30. The van der Waals surface area contributed by atoms with Crippen LogP contribution in [-0.4, -0.2) is 10.2 Å². The van der Waals surface area contributed by atoms with Gasteiger partial charge in [0.15, 0.2) is 0 Å². The summed E-state index contributed by atoms with van der Waals surface area (Å²) in [4.78, 5) is 0. The highest BCUT2D eigenvalue weighted by molar-refractivity contribution is 5.86. The second-order valence-corrected chi connectivity index (χ2v) is 3.66. The molecule has 0 atom stereocenters. The number of nitrogens with one attached hydrogen (secondary N) is 1. The Kier molecular flexibility index (Phi) is 1.65. The highest BCUT2D eigenvalue weighted by Gasteiger charge is 2.09. The molecule has 2 rings (SSSR count). The van der Waals surface area contributed by atoms with Crippen LogP contribution in [0, 0.1) is 27.7 Å². The van der Waals surface area contributed by atoms with Crippen LogP contribution in [0.4, 0.5) is 0 Å². The fourth-order valence-electron chi connectivity index (χ4n) is 1.81. The summed E-state index contributed by atoms with van der Waals surface area (Å²) in [7, 11) is 0. The molecule has 1 aromatic heterocycles. The molecule has 0 radical (unpaired) electrons. The molecule has 0 aliphatic rings. The number of rotatable bonds is 0. The van der Waals surface area contributed by atoms with Crippen molar-refractivity contribution in [3.63, 3.8) is 0 Å². The van der Waals surface area contributed by atoms with Gasteiger partial charge in [0.25, 0.3) is 0 Å². The summed E-state index contributed by atoms with van der Waals surface area (Å²) in [5.74, 6) is 0. The van der Waals surface area contributed by atoms with Gasteiger partial charge in [-0.05, 0) is 49.9 Å². The molecular formula is C11H14N2. The zero-order valence-corrected chi connectivity index (χ0v) is 8.52. The van der Waals surface area contributed by atoms with Crippen molar-refractivity contribution in [3.8, 4) is 0 Å². The zero-order valence-electron chi connectivity index (χ0n) is 8.52. The van der Waals surface area contributed by atoms with Crippen molar-refractivity contribution in [2.45, 2.75) is 27.7 Å². The SMILES string of the molecule is Cc1c(C)c(C)c2[nH]ncc2c1C. The van der Waals surface area contributed by atoms with Gasteiger partial charge < -0.3 is 0 Å². The fourth-order valence-corrected chi connectivity index (χ4v) is 1.81. The second-order valence-electron chi connectivity index (χ2n) is 3.66. The molecule has 0 amide bonds. The predicted molar refractivity (Wildman–Crippen MR) is 55.0 cm³/mol. The first-order valence-electron chi connectivity index (χ1n) is 4.52. The number of nitrogens with zero attached hydrogens (tertiary/aromatic N) is 1. The van der Waals surface area contributed by atoms with E-state index < -0.39 is 0 Å². The lowest BCUT2D eigenvalue weighted by molar-refractivity contribution is 1.11. The minimum absolute atomic E-state index is 1.18. The van der Waals surface area contributed by atoms with Gasteiger partial charge in [0.1, 0.15) is 0 Å². The Labute approximate surface area is 78.0 Å². The van der Waals surface area contributed by atoms with E-state index in [1.807, 2.05) is 6.20 Å². The number of fused-ring (bicyclic) bond motifs is 1. The molecule has 0 saturated carbocycles. The maximum atomic E-state index is 4.08. The lowest BCUT2D eigenvalue weighted by Crippen LogP contribution is -1.92. The van der Waals surface area contributed by atoms with Crippen LogP contribution in [0.25, 0.3) is 10.9 Å². The van der Waals surface area contributed by atoms with Gasteiger partial charge in [-0.25, -0.2) is 0 Å². The van der Waals surface area contributed by atoms with E-state index >= 15 is 0 Å². The van der Waals surface area contributed by atoms with E-state index in [9.17, 15) is 0 Å². The molecule has 13 heavy (non-hydrogen) atoms. The van der Waals surface area contributed by atoms with Crippen molar-refractivity contribution < 1.29 is 0 Å². The molecule has 2 heteroatoms. The van der Waals surface area contributed by atoms with Crippen LogP contribution in [0.3, 0.4) is 0 Å². The maximum absolute atomic E-state index is 4.08. The van der Waals surface area contributed by atoms with Gasteiger partial charge in [-0.1, -0.05) is 0 Å². The molecule has 1 N–H and O–H groups in total. The number of benzene rings is 1. The lowest BCUT2D eigenvalue weighted by Gasteiger charge is -2.09. The molecule has 0 aliphatic heterocycles. The van der Waals surface area contributed by atoms with Crippen molar-refractivity contribution >= 4 is 10.9 Å². The Hall–Kier alpha value is -1.31. The van der Waals surface area contributed by atoms with Crippen LogP contribution in [0.15, 0.2) is 6.20 Å². The van der Waals surface area contributed by atoms with Crippen LogP contribution in [0.1, 0.15) is 22.3 Å². The molecule has 2 nitrogen and oxygen atoms in total. The number of aromatic amines is 1. The van der Waals surface area contributed by atoms with E-state index in [0.29, 0.717) is 0 Å². The van der Waals surface area contributed by atoms with E-state index in [1.165, 1.54) is 33.2 Å². The Morgan fingerprint density at radius 1 is 0.923 bits per heavy atom. The molecule has 0 aliphatic carbocycles. The summed E-state index contributed by atoms with van der Waals surface area (Å²) in [5, 5.41) is 8.38. The van der Waals surface area contributed by atoms with Gasteiger partial charge in [0.05, 0.1) is 11.7 Å². The number of aromatic nitrogens is 2. The minimum Gasteiger partial charge on any atom is -0.278 e. The van der Waals surface area contributed by atoms with Gasteiger partial charge in [-0.3, -0.25) is 5.10 Å². The topological polar surface area (TPSA) is 28.7 Å². The fraction of sp³-hybridized carbons (Fsp3) is 0.364. The summed E-state index contributed by atoms with van der Waals surface area (Å²) < 4.78 is 0. The van der Waals surface area contributed by atoms with Crippen LogP contribution in [0.2, 0.25) is 0 Å². The Balaban J connectivity index is 3.02. The molecule has 0 fully saturated rings. The summed E-state index contributed by atoms with van der Waals surface area (Å²) in [6.07, 6.45) is 1.91. The second kappa shape index (κ2) is 2.59. The third-order valence-electron chi connectivity index (χ3n) is 3.11. The number of hydrogen-bond acceptors (Lipinski definition) is 1.